The van der Waals surface area contributed by atoms with Crippen LogP contribution in [0.2, 0.25) is 0 Å². The van der Waals surface area contributed by atoms with E-state index in [1.165, 1.54) is 0 Å². The SMILES string of the molecule is CC(CNC(=O)CNC(=O)[C@@H](N)C(C)C)Oc1ccccc1Br.Cl. The molecule has 0 aliphatic carbocycles. The van der Waals surface area contributed by atoms with Crippen LogP contribution in [0.25, 0.3) is 0 Å². The average molecular weight is 423 g/mol. The Bertz CT molecular complexity index is 543. The molecule has 8 heteroatoms. The lowest BCUT2D eigenvalue weighted by atomic mass is 10.1. The van der Waals surface area contributed by atoms with Gasteiger partial charge in [0.15, 0.2) is 0 Å². The molecule has 0 radical (unpaired) electrons. The molecular weight excluding hydrogens is 398 g/mol. The van der Waals surface area contributed by atoms with E-state index in [-0.39, 0.29) is 42.8 Å². The highest BCUT2D eigenvalue weighted by molar-refractivity contribution is 9.10. The number of para-hydroxylation sites is 1. The van der Waals surface area contributed by atoms with Crippen molar-refractivity contribution in [2.75, 3.05) is 13.1 Å². The maximum absolute atomic E-state index is 11.7. The summed E-state index contributed by atoms with van der Waals surface area (Å²) in [5.74, 6) is 0.130. The van der Waals surface area contributed by atoms with E-state index < -0.39 is 6.04 Å². The molecule has 1 aromatic carbocycles. The summed E-state index contributed by atoms with van der Waals surface area (Å²) in [7, 11) is 0. The van der Waals surface area contributed by atoms with Gasteiger partial charge in [0.05, 0.1) is 23.6 Å². The number of nitrogens with two attached hydrogens (primary N) is 1. The molecule has 6 nitrogen and oxygen atoms in total. The van der Waals surface area contributed by atoms with Gasteiger partial charge >= 0.3 is 0 Å². The molecule has 1 unspecified atom stereocenters. The van der Waals surface area contributed by atoms with E-state index in [4.69, 9.17) is 10.5 Å². The van der Waals surface area contributed by atoms with Crippen LogP contribution in [0.3, 0.4) is 0 Å². The smallest absolute Gasteiger partial charge is 0.239 e. The number of halogens is 2. The third-order valence-electron chi connectivity index (χ3n) is 3.20. The molecule has 24 heavy (non-hydrogen) atoms. The summed E-state index contributed by atoms with van der Waals surface area (Å²) in [5, 5.41) is 5.23. The zero-order valence-corrected chi connectivity index (χ0v) is 16.4. The van der Waals surface area contributed by atoms with Crippen molar-refractivity contribution >= 4 is 40.2 Å². The lowest BCUT2D eigenvalue weighted by molar-refractivity contribution is -0.127. The van der Waals surface area contributed by atoms with Gasteiger partial charge in [0.2, 0.25) is 11.8 Å². The quantitative estimate of drug-likeness (QED) is 0.596. The predicted molar refractivity (Wildman–Crippen MR) is 100 cm³/mol. The number of benzene rings is 1. The number of carbonyl (C=O) groups is 2. The minimum absolute atomic E-state index is 0. The molecule has 0 aromatic heterocycles. The van der Waals surface area contributed by atoms with Crippen molar-refractivity contribution < 1.29 is 14.3 Å². The molecule has 0 bridgehead atoms. The minimum Gasteiger partial charge on any atom is -0.488 e. The molecule has 2 atom stereocenters. The lowest BCUT2D eigenvalue weighted by Gasteiger charge is -2.17. The lowest BCUT2D eigenvalue weighted by Crippen LogP contribution is -2.47. The van der Waals surface area contributed by atoms with E-state index >= 15 is 0 Å². The molecular formula is C16H25BrClN3O3. The first-order valence-electron chi connectivity index (χ1n) is 7.52. The third-order valence-corrected chi connectivity index (χ3v) is 3.85. The van der Waals surface area contributed by atoms with E-state index in [0.29, 0.717) is 12.3 Å². The van der Waals surface area contributed by atoms with E-state index in [9.17, 15) is 9.59 Å². The van der Waals surface area contributed by atoms with Gasteiger partial charge in [0.25, 0.3) is 0 Å². The fourth-order valence-electron chi connectivity index (χ4n) is 1.71. The fraction of sp³-hybridized carbons (Fsp3) is 0.500. The summed E-state index contributed by atoms with van der Waals surface area (Å²) in [5.41, 5.74) is 5.70. The number of hydrogen-bond acceptors (Lipinski definition) is 4. The first-order valence-corrected chi connectivity index (χ1v) is 8.31. The summed E-state index contributed by atoms with van der Waals surface area (Å²) >= 11 is 3.40. The second-order valence-corrected chi connectivity index (χ2v) is 6.50. The van der Waals surface area contributed by atoms with Gasteiger partial charge in [0, 0.05) is 0 Å². The Morgan fingerprint density at radius 1 is 1.21 bits per heavy atom. The van der Waals surface area contributed by atoms with E-state index in [2.05, 4.69) is 26.6 Å². The number of nitrogens with one attached hydrogen (secondary N) is 2. The van der Waals surface area contributed by atoms with Crippen molar-refractivity contribution in [3.8, 4) is 5.75 Å². The Morgan fingerprint density at radius 2 is 1.83 bits per heavy atom. The molecule has 1 rings (SSSR count). The highest BCUT2D eigenvalue weighted by atomic mass is 79.9. The molecule has 0 fully saturated rings. The summed E-state index contributed by atoms with van der Waals surface area (Å²) in [4.78, 5) is 23.4. The first kappa shape index (κ1) is 22.7. The van der Waals surface area contributed by atoms with Crippen molar-refractivity contribution in [1.82, 2.24) is 10.6 Å². The largest absolute Gasteiger partial charge is 0.488 e. The Balaban J connectivity index is 0.00000529. The number of hydrogen-bond donors (Lipinski definition) is 3. The van der Waals surface area contributed by atoms with Gasteiger partial charge in [-0.3, -0.25) is 9.59 Å². The first-order chi connectivity index (χ1) is 10.8. The van der Waals surface area contributed by atoms with Gasteiger partial charge in [0.1, 0.15) is 11.9 Å². The van der Waals surface area contributed by atoms with Crippen molar-refractivity contribution in [1.29, 1.82) is 0 Å². The standard InChI is InChI=1S/C16H24BrN3O3.ClH/c1-10(2)15(18)16(22)20-9-14(21)19-8-11(3)23-13-7-5-4-6-12(13)17;/h4-7,10-11,15H,8-9,18H2,1-3H3,(H,19,21)(H,20,22);1H/t11?,15-;/m0./s1. The zero-order chi connectivity index (χ0) is 17.4. The highest BCUT2D eigenvalue weighted by Gasteiger charge is 2.17. The summed E-state index contributed by atoms with van der Waals surface area (Å²) < 4.78 is 6.58. The Hall–Kier alpha value is -1.31. The Kier molecular flexibility index (Phi) is 10.7. The molecule has 0 aliphatic heterocycles. The van der Waals surface area contributed by atoms with Crippen LogP contribution in [0.4, 0.5) is 0 Å². The normalized spacial score (nSPS) is 12.8. The fourth-order valence-corrected chi connectivity index (χ4v) is 2.09. The Labute approximate surface area is 157 Å². The van der Waals surface area contributed by atoms with Gasteiger partial charge in [-0.15, -0.1) is 12.4 Å². The Morgan fingerprint density at radius 3 is 2.42 bits per heavy atom. The maximum Gasteiger partial charge on any atom is 0.239 e. The summed E-state index contributed by atoms with van der Waals surface area (Å²) in [6, 6.07) is 6.89. The van der Waals surface area contributed by atoms with Crippen molar-refractivity contribution in [2.24, 2.45) is 11.7 Å². The number of carbonyl (C=O) groups excluding carboxylic acids is 2. The second kappa shape index (κ2) is 11.3. The second-order valence-electron chi connectivity index (χ2n) is 5.65. The average Bonchev–Trinajstić information content (AvgIpc) is 2.51. The van der Waals surface area contributed by atoms with Crippen LogP contribution in [-0.2, 0) is 9.59 Å². The van der Waals surface area contributed by atoms with Crippen LogP contribution in [0, 0.1) is 5.92 Å². The van der Waals surface area contributed by atoms with Crippen molar-refractivity contribution in [3.63, 3.8) is 0 Å². The molecule has 2 amide bonds. The molecule has 0 aliphatic rings. The van der Waals surface area contributed by atoms with Crippen LogP contribution >= 0.6 is 28.3 Å². The molecule has 4 N–H and O–H groups in total. The molecule has 0 saturated carbocycles. The van der Waals surface area contributed by atoms with Gasteiger partial charge in [-0.2, -0.15) is 0 Å². The van der Waals surface area contributed by atoms with Gasteiger partial charge < -0.3 is 21.1 Å². The number of ether oxygens (including phenoxy) is 1. The van der Waals surface area contributed by atoms with E-state index in [1.54, 1.807) is 0 Å². The predicted octanol–water partition coefficient (Wildman–Crippen LogP) is 1.85. The van der Waals surface area contributed by atoms with Crippen LogP contribution in [0.15, 0.2) is 28.7 Å². The number of rotatable bonds is 8. The van der Waals surface area contributed by atoms with Gasteiger partial charge in [-0.25, -0.2) is 0 Å². The molecule has 1 aromatic rings. The molecule has 0 saturated heterocycles. The topological polar surface area (TPSA) is 93.5 Å². The van der Waals surface area contributed by atoms with Crippen molar-refractivity contribution in [2.45, 2.75) is 32.9 Å². The third kappa shape index (κ3) is 7.99. The van der Waals surface area contributed by atoms with Gasteiger partial charge in [-0.1, -0.05) is 26.0 Å². The van der Waals surface area contributed by atoms with Crippen molar-refractivity contribution in [3.05, 3.63) is 28.7 Å². The number of amides is 2. The molecule has 0 heterocycles. The summed E-state index contributed by atoms with van der Waals surface area (Å²) in [6.45, 7) is 5.80. The van der Waals surface area contributed by atoms with Crippen LogP contribution in [0.5, 0.6) is 5.75 Å². The summed E-state index contributed by atoms with van der Waals surface area (Å²) in [6.07, 6.45) is -0.203. The zero-order valence-electron chi connectivity index (χ0n) is 14.0. The van der Waals surface area contributed by atoms with Crippen LogP contribution in [0.1, 0.15) is 20.8 Å². The highest BCUT2D eigenvalue weighted by Crippen LogP contribution is 2.24. The van der Waals surface area contributed by atoms with E-state index in [1.807, 2.05) is 45.0 Å². The van der Waals surface area contributed by atoms with Crippen LogP contribution in [-0.4, -0.2) is 37.0 Å². The monoisotopic (exact) mass is 421 g/mol. The maximum atomic E-state index is 11.7. The molecule has 136 valence electrons. The van der Waals surface area contributed by atoms with E-state index in [0.717, 1.165) is 4.47 Å². The van der Waals surface area contributed by atoms with Gasteiger partial charge in [-0.05, 0) is 40.9 Å². The minimum atomic E-state index is -0.611. The van der Waals surface area contributed by atoms with Crippen LogP contribution < -0.4 is 21.1 Å². The molecule has 0 spiro atoms.